The second-order valence-corrected chi connectivity index (χ2v) is 7.67. The molecular weight excluding hydrogens is 380 g/mol. The normalized spacial score (nSPS) is 13.1. The summed E-state index contributed by atoms with van der Waals surface area (Å²) in [5, 5.41) is 5.80. The van der Waals surface area contributed by atoms with Gasteiger partial charge in [0.05, 0.1) is 12.1 Å². The van der Waals surface area contributed by atoms with Crippen molar-refractivity contribution in [3.8, 4) is 0 Å². The van der Waals surface area contributed by atoms with Crippen molar-refractivity contribution in [1.29, 1.82) is 0 Å². The molecule has 7 heteroatoms. The first-order chi connectivity index (χ1) is 14.4. The minimum absolute atomic E-state index is 0.0147. The Bertz CT molecular complexity index is 992. The summed E-state index contributed by atoms with van der Waals surface area (Å²) in [6.07, 6.45) is 5.04. The van der Waals surface area contributed by atoms with Crippen LogP contribution in [0.25, 0.3) is 0 Å². The van der Waals surface area contributed by atoms with Crippen LogP contribution < -0.4 is 16.2 Å². The van der Waals surface area contributed by atoms with Gasteiger partial charge in [-0.3, -0.25) is 19.3 Å². The lowest BCUT2D eigenvalue weighted by Crippen LogP contribution is -2.32. The highest BCUT2D eigenvalue weighted by Gasteiger charge is 2.22. The number of nitrogens with one attached hydrogen (secondary N) is 2. The summed E-state index contributed by atoms with van der Waals surface area (Å²) in [7, 11) is 1.68. The lowest BCUT2D eigenvalue weighted by Gasteiger charge is -2.20. The molecular formula is C23H30N4O3. The summed E-state index contributed by atoms with van der Waals surface area (Å²) in [5.74, 6) is -0.329. The molecule has 2 N–H and O–H groups in total. The molecule has 0 atom stereocenters. The Kier molecular flexibility index (Phi) is 7.05. The zero-order valence-electron chi connectivity index (χ0n) is 18.0. The van der Waals surface area contributed by atoms with Gasteiger partial charge < -0.3 is 15.2 Å². The van der Waals surface area contributed by atoms with E-state index < -0.39 is 0 Å². The second-order valence-electron chi connectivity index (χ2n) is 7.67. The molecule has 0 spiro atoms. The molecule has 1 heterocycles. The molecule has 0 unspecified atom stereocenters. The van der Waals surface area contributed by atoms with Gasteiger partial charge in [-0.25, -0.2) is 0 Å². The Morgan fingerprint density at radius 2 is 1.67 bits per heavy atom. The number of rotatable bonds is 7. The zero-order chi connectivity index (χ0) is 21.7. The van der Waals surface area contributed by atoms with Crippen molar-refractivity contribution < 1.29 is 9.59 Å². The van der Waals surface area contributed by atoms with Crippen LogP contribution in [0, 0.1) is 0 Å². The van der Waals surface area contributed by atoms with E-state index in [1.54, 1.807) is 37.5 Å². The van der Waals surface area contributed by atoms with E-state index in [-0.39, 0.29) is 17.4 Å². The second kappa shape index (κ2) is 9.71. The first kappa shape index (κ1) is 21.8. The summed E-state index contributed by atoms with van der Waals surface area (Å²) in [6.45, 7) is 5.98. The Balaban J connectivity index is 1.75. The Morgan fingerprint density at radius 1 is 1.03 bits per heavy atom. The van der Waals surface area contributed by atoms with Gasteiger partial charge in [0, 0.05) is 30.2 Å². The average molecular weight is 411 g/mol. The Morgan fingerprint density at radius 3 is 2.33 bits per heavy atom. The molecule has 30 heavy (non-hydrogen) atoms. The fourth-order valence-corrected chi connectivity index (χ4v) is 3.90. The van der Waals surface area contributed by atoms with Gasteiger partial charge >= 0.3 is 0 Å². The number of benzene rings is 1. The molecule has 0 radical (unpaired) electrons. The van der Waals surface area contributed by atoms with Crippen molar-refractivity contribution in [3.63, 3.8) is 0 Å². The zero-order valence-corrected chi connectivity index (χ0v) is 18.0. The third-order valence-electron chi connectivity index (χ3n) is 5.60. The highest BCUT2D eigenvalue weighted by Crippen LogP contribution is 2.23. The van der Waals surface area contributed by atoms with Gasteiger partial charge in [-0.2, -0.15) is 0 Å². The number of likely N-dealkylation sites (N-methyl/N-ethyl adjacent to an activating group) is 1. The van der Waals surface area contributed by atoms with Crippen molar-refractivity contribution >= 4 is 23.2 Å². The third-order valence-corrected chi connectivity index (χ3v) is 5.60. The van der Waals surface area contributed by atoms with Crippen molar-refractivity contribution in [2.75, 3.05) is 30.3 Å². The maximum absolute atomic E-state index is 13.0. The summed E-state index contributed by atoms with van der Waals surface area (Å²) in [6, 6.07) is 7.11. The number of aromatic nitrogens is 1. The smallest absolute Gasteiger partial charge is 0.257 e. The summed E-state index contributed by atoms with van der Waals surface area (Å²) in [4.78, 5) is 39.7. The maximum Gasteiger partial charge on any atom is 0.257 e. The Labute approximate surface area is 177 Å². The highest BCUT2D eigenvalue weighted by atomic mass is 16.2. The van der Waals surface area contributed by atoms with Crippen LogP contribution in [-0.2, 0) is 24.7 Å². The first-order valence-electron chi connectivity index (χ1n) is 10.6. The van der Waals surface area contributed by atoms with Crippen LogP contribution in [0.4, 0.5) is 11.4 Å². The van der Waals surface area contributed by atoms with E-state index in [1.807, 2.05) is 18.7 Å². The number of nitrogens with zero attached hydrogens (tertiary/aromatic N) is 2. The minimum Gasteiger partial charge on any atom is -0.325 e. The molecule has 0 aliphatic heterocycles. The van der Waals surface area contributed by atoms with Crippen LogP contribution in [-0.4, -0.2) is 40.9 Å². The largest absolute Gasteiger partial charge is 0.325 e. The van der Waals surface area contributed by atoms with Crippen LogP contribution in [0.3, 0.4) is 0 Å². The monoisotopic (exact) mass is 410 g/mol. The van der Waals surface area contributed by atoms with E-state index in [2.05, 4.69) is 10.6 Å². The first-order valence-corrected chi connectivity index (χ1v) is 10.6. The summed E-state index contributed by atoms with van der Waals surface area (Å²) in [5.41, 5.74) is 3.38. The van der Waals surface area contributed by atoms with Crippen molar-refractivity contribution in [3.05, 3.63) is 57.5 Å². The number of carbonyl (C=O) groups is 2. The predicted molar refractivity (Wildman–Crippen MR) is 119 cm³/mol. The summed E-state index contributed by atoms with van der Waals surface area (Å²) < 4.78 is 1.49. The van der Waals surface area contributed by atoms with Gasteiger partial charge in [-0.05, 0) is 62.5 Å². The molecule has 0 saturated carbocycles. The number of aryl methyl sites for hydroxylation is 1. The van der Waals surface area contributed by atoms with Crippen LogP contribution in [0.15, 0.2) is 35.3 Å². The van der Waals surface area contributed by atoms with Crippen molar-refractivity contribution in [1.82, 2.24) is 9.47 Å². The van der Waals surface area contributed by atoms with E-state index in [0.717, 1.165) is 49.9 Å². The SMILES string of the molecule is CCN(CC)CC(=O)Nc1cccc(NC(=O)c2cn(C)c(=O)c3c2CCCC3)c1. The maximum atomic E-state index is 13.0. The van der Waals surface area contributed by atoms with Crippen molar-refractivity contribution in [2.45, 2.75) is 39.5 Å². The predicted octanol–water partition coefficient (Wildman–Crippen LogP) is 2.80. The minimum atomic E-state index is -0.240. The molecule has 1 aromatic carbocycles. The van der Waals surface area contributed by atoms with Gasteiger partial charge in [0.25, 0.3) is 11.5 Å². The average Bonchev–Trinajstić information content (AvgIpc) is 2.74. The molecule has 3 rings (SSSR count). The molecule has 160 valence electrons. The van der Waals surface area contributed by atoms with Gasteiger partial charge in [-0.1, -0.05) is 19.9 Å². The van der Waals surface area contributed by atoms with E-state index in [1.165, 1.54) is 4.57 Å². The highest BCUT2D eigenvalue weighted by molar-refractivity contribution is 6.05. The molecule has 2 aromatic rings. The van der Waals surface area contributed by atoms with Gasteiger partial charge in [0.1, 0.15) is 0 Å². The van der Waals surface area contributed by atoms with E-state index in [4.69, 9.17) is 0 Å². The van der Waals surface area contributed by atoms with Crippen LogP contribution >= 0.6 is 0 Å². The van der Waals surface area contributed by atoms with Gasteiger partial charge in [-0.15, -0.1) is 0 Å². The van der Waals surface area contributed by atoms with Crippen LogP contribution in [0.1, 0.15) is 48.2 Å². The van der Waals surface area contributed by atoms with Crippen LogP contribution in [0.2, 0.25) is 0 Å². The number of pyridine rings is 1. The number of fused-ring (bicyclic) bond motifs is 1. The van der Waals surface area contributed by atoms with Crippen LogP contribution in [0.5, 0.6) is 0 Å². The van der Waals surface area contributed by atoms with E-state index >= 15 is 0 Å². The molecule has 0 saturated heterocycles. The molecule has 1 aromatic heterocycles. The quantitative estimate of drug-likeness (QED) is 0.735. The number of carbonyl (C=O) groups excluding carboxylic acids is 2. The molecule has 1 aliphatic carbocycles. The molecule has 7 nitrogen and oxygen atoms in total. The van der Waals surface area contributed by atoms with Crippen molar-refractivity contribution in [2.24, 2.45) is 7.05 Å². The molecule has 0 fully saturated rings. The fraction of sp³-hybridized carbons (Fsp3) is 0.435. The standard InChI is InChI=1S/C23H30N4O3/c1-4-27(5-2)15-21(28)24-16-9-8-10-17(13-16)25-22(29)20-14-26(3)23(30)19-12-7-6-11-18(19)20/h8-10,13-14H,4-7,11-12,15H2,1-3H3,(H,24,28)(H,25,29). The lowest BCUT2D eigenvalue weighted by molar-refractivity contribution is -0.117. The van der Waals surface area contributed by atoms with Gasteiger partial charge in [0.2, 0.25) is 5.91 Å². The number of anilines is 2. The lowest BCUT2D eigenvalue weighted by atomic mass is 9.89. The number of amides is 2. The third kappa shape index (κ3) is 4.97. The topological polar surface area (TPSA) is 83.4 Å². The number of hydrogen-bond donors (Lipinski definition) is 2. The fourth-order valence-electron chi connectivity index (χ4n) is 3.90. The number of hydrogen-bond acceptors (Lipinski definition) is 4. The molecule has 1 aliphatic rings. The Hall–Kier alpha value is -2.93. The summed E-state index contributed by atoms with van der Waals surface area (Å²) >= 11 is 0. The molecule has 2 amide bonds. The van der Waals surface area contributed by atoms with E-state index in [0.29, 0.717) is 23.5 Å². The molecule has 0 bridgehead atoms. The van der Waals surface area contributed by atoms with E-state index in [9.17, 15) is 14.4 Å². The van der Waals surface area contributed by atoms with Gasteiger partial charge in [0.15, 0.2) is 0 Å².